The number of thiocarbonyl (C=S) groups is 1. The molecule has 1 fully saturated rings. The molecule has 2 atom stereocenters. The lowest BCUT2D eigenvalue weighted by atomic mass is 9.98. The van der Waals surface area contributed by atoms with Crippen LogP contribution in [0.2, 0.25) is 0 Å². The van der Waals surface area contributed by atoms with E-state index in [1.807, 2.05) is 0 Å². The molecule has 0 radical (unpaired) electrons. The molecule has 18 heavy (non-hydrogen) atoms. The fourth-order valence-corrected chi connectivity index (χ4v) is 3.03. The molecule has 1 saturated heterocycles. The van der Waals surface area contributed by atoms with Gasteiger partial charge >= 0.3 is 0 Å². The molecule has 1 aromatic carbocycles. The van der Waals surface area contributed by atoms with Gasteiger partial charge in [-0.05, 0) is 57.5 Å². The molecule has 0 amide bonds. The maximum atomic E-state index is 13.6. The van der Waals surface area contributed by atoms with Gasteiger partial charge < -0.3 is 10.2 Å². The van der Waals surface area contributed by atoms with Crippen LogP contribution in [0.1, 0.15) is 33.1 Å². The molecule has 1 aliphatic rings. The molecule has 0 aromatic heterocycles. The van der Waals surface area contributed by atoms with Gasteiger partial charge in [0.1, 0.15) is 5.82 Å². The van der Waals surface area contributed by atoms with Crippen molar-refractivity contribution in [3.05, 3.63) is 30.1 Å². The topological polar surface area (TPSA) is 15.3 Å². The smallest absolute Gasteiger partial charge is 0.173 e. The fraction of sp³-hybridized carbons (Fsp3) is 0.500. The Hall–Kier alpha value is -1.16. The summed E-state index contributed by atoms with van der Waals surface area (Å²) in [6, 6.07) is 7.46. The van der Waals surface area contributed by atoms with Gasteiger partial charge in [0.25, 0.3) is 0 Å². The molecule has 1 heterocycles. The van der Waals surface area contributed by atoms with Crippen molar-refractivity contribution in [1.29, 1.82) is 0 Å². The van der Waals surface area contributed by atoms with Gasteiger partial charge in [-0.15, -0.1) is 0 Å². The standard InChI is InChI=1S/C14H19FN2S/c1-10-6-5-7-11(2)17(10)14(18)16-13-9-4-3-8-12(13)15/h3-4,8-11H,5-7H2,1-2H3,(H,16,18)/t10-,11-/m0/s1. The minimum atomic E-state index is -0.267. The van der Waals surface area contributed by atoms with Gasteiger partial charge in [0.2, 0.25) is 0 Å². The zero-order chi connectivity index (χ0) is 13.1. The lowest BCUT2D eigenvalue weighted by molar-refractivity contribution is 0.194. The second kappa shape index (κ2) is 5.65. The average Bonchev–Trinajstić information content (AvgIpc) is 2.32. The average molecular weight is 266 g/mol. The van der Waals surface area contributed by atoms with E-state index < -0.39 is 0 Å². The Kier molecular flexibility index (Phi) is 4.17. The van der Waals surface area contributed by atoms with Crippen LogP contribution >= 0.6 is 12.2 Å². The number of halogens is 1. The van der Waals surface area contributed by atoms with Crippen LogP contribution in [-0.4, -0.2) is 22.1 Å². The van der Waals surface area contributed by atoms with Crippen LogP contribution in [-0.2, 0) is 0 Å². The van der Waals surface area contributed by atoms with Crippen molar-refractivity contribution in [2.45, 2.75) is 45.2 Å². The molecule has 1 N–H and O–H groups in total. The highest BCUT2D eigenvalue weighted by atomic mass is 32.1. The first-order valence-corrected chi connectivity index (χ1v) is 6.84. The first kappa shape index (κ1) is 13.3. The highest BCUT2D eigenvalue weighted by Crippen LogP contribution is 2.24. The molecular formula is C14H19FN2S. The van der Waals surface area contributed by atoms with Crippen LogP contribution < -0.4 is 5.32 Å². The molecular weight excluding hydrogens is 247 g/mol. The van der Waals surface area contributed by atoms with Gasteiger partial charge in [0, 0.05) is 12.1 Å². The van der Waals surface area contributed by atoms with Crippen molar-refractivity contribution in [2.24, 2.45) is 0 Å². The SMILES string of the molecule is C[C@H]1CCC[C@H](C)N1C(=S)Nc1ccccc1F. The second-order valence-electron chi connectivity index (χ2n) is 4.95. The van der Waals surface area contributed by atoms with Crippen molar-refractivity contribution in [2.75, 3.05) is 5.32 Å². The number of rotatable bonds is 1. The van der Waals surface area contributed by atoms with E-state index in [1.54, 1.807) is 18.2 Å². The van der Waals surface area contributed by atoms with Crippen LogP contribution in [0.4, 0.5) is 10.1 Å². The van der Waals surface area contributed by atoms with Gasteiger partial charge in [-0.1, -0.05) is 12.1 Å². The Morgan fingerprint density at radius 1 is 1.28 bits per heavy atom. The Morgan fingerprint density at radius 3 is 2.50 bits per heavy atom. The lowest BCUT2D eigenvalue weighted by Crippen LogP contribution is -2.49. The molecule has 0 spiro atoms. The predicted octanol–water partition coefficient (Wildman–Crippen LogP) is 3.79. The number of nitrogens with zero attached hydrogens (tertiary/aromatic N) is 1. The number of hydrogen-bond donors (Lipinski definition) is 1. The highest BCUT2D eigenvalue weighted by Gasteiger charge is 2.26. The third-order valence-corrected chi connectivity index (χ3v) is 3.86. The summed E-state index contributed by atoms with van der Waals surface area (Å²) in [5.41, 5.74) is 0.451. The third kappa shape index (κ3) is 2.80. The zero-order valence-corrected chi connectivity index (χ0v) is 11.6. The summed E-state index contributed by atoms with van der Waals surface area (Å²) in [5, 5.41) is 3.65. The largest absolute Gasteiger partial charge is 0.344 e. The molecule has 1 aliphatic heterocycles. The van der Waals surface area contributed by atoms with E-state index in [0.717, 1.165) is 12.8 Å². The van der Waals surface area contributed by atoms with E-state index in [1.165, 1.54) is 12.5 Å². The molecule has 0 unspecified atom stereocenters. The Labute approximate surface area is 113 Å². The third-order valence-electron chi connectivity index (χ3n) is 3.54. The summed E-state index contributed by atoms with van der Waals surface area (Å²) in [6.45, 7) is 4.34. The van der Waals surface area contributed by atoms with Gasteiger partial charge in [-0.25, -0.2) is 4.39 Å². The van der Waals surface area contributed by atoms with Crippen molar-refractivity contribution >= 4 is 23.0 Å². The Bertz CT molecular complexity index is 426. The van der Waals surface area contributed by atoms with Gasteiger partial charge in [0.05, 0.1) is 5.69 Å². The molecule has 0 saturated carbocycles. The zero-order valence-electron chi connectivity index (χ0n) is 10.8. The van der Waals surface area contributed by atoms with E-state index in [0.29, 0.717) is 22.9 Å². The molecule has 1 aromatic rings. The van der Waals surface area contributed by atoms with E-state index in [9.17, 15) is 4.39 Å². The molecule has 2 rings (SSSR count). The summed E-state index contributed by atoms with van der Waals surface area (Å²) in [5.74, 6) is -0.267. The number of nitrogens with one attached hydrogen (secondary N) is 1. The Morgan fingerprint density at radius 2 is 1.89 bits per heavy atom. The maximum absolute atomic E-state index is 13.6. The number of hydrogen-bond acceptors (Lipinski definition) is 1. The summed E-state index contributed by atoms with van der Waals surface area (Å²) in [7, 11) is 0. The minimum absolute atomic E-state index is 0.267. The van der Waals surface area contributed by atoms with Crippen molar-refractivity contribution in [3.8, 4) is 0 Å². The van der Waals surface area contributed by atoms with Crippen molar-refractivity contribution in [3.63, 3.8) is 0 Å². The number of anilines is 1. The minimum Gasteiger partial charge on any atom is -0.344 e. The number of likely N-dealkylation sites (tertiary alicyclic amines) is 1. The normalized spacial score (nSPS) is 23.8. The predicted molar refractivity (Wildman–Crippen MR) is 77.2 cm³/mol. The van der Waals surface area contributed by atoms with E-state index >= 15 is 0 Å². The first-order valence-electron chi connectivity index (χ1n) is 6.43. The van der Waals surface area contributed by atoms with E-state index in [4.69, 9.17) is 12.2 Å². The summed E-state index contributed by atoms with van der Waals surface area (Å²) in [4.78, 5) is 2.19. The summed E-state index contributed by atoms with van der Waals surface area (Å²) in [6.07, 6.45) is 3.52. The lowest BCUT2D eigenvalue weighted by Gasteiger charge is -2.40. The van der Waals surface area contributed by atoms with Crippen LogP contribution in [0.3, 0.4) is 0 Å². The number of benzene rings is 1. The fourth-order valence-electron chi connectivity index (χ4n) is 2.56. The maximum Gasteiger partial charge on any atom is 0.173 e. The van der Waals surface area contributed by atoms with E-state index in [-0.39, 0.29) is 5.82 Å². The van der Waals surface area contributed by atoms with E-state index in [2.05, 4.69) is 24.1 Å². The molecule has 2 nitrogen and oxygen atoms in total. The number of piperidine rings is 1. The second-order valence-corrected chi connectivity index (χ2v) is 5.33. The summed E-state index contributed by atoms with van der Waals surface area (Å²) >= 11 is 5.42. The monoisotopic (exact) mass is 266 g/mol. The number of para-hydroxylation sites is 1. The van der Waals surface area contributed by atoms with Crippen LogP contribution in [0.15, 0.2) is 24.3 Å². The van der Waals surface area contributed by atoms with Crippen molar-refractivity contribution in [1.82, 2.24) is 4.90 Å². The summed E-state index contributed by atoms with van der Waals surface area (Å²) < 4.78 is 13.6. The molecule has 98 valence electrons. The van der Waals surface area contributed by atoms with Gasteiger partial charge in [-0.3, -0.25) is 0 Å². The van der Waals surface area contributed by atoms with Crippen LogP contribution in [0, 0.1) is 5.82 Å². The van der Waals surface area contributed by atoms with Crippen molar-refractivity contribution < 1.29 is 4.39 Å². The first-order chi connectivity index (χ1) is 8.59. The quantitative estimate of drug-likeness (QED) is 0.779. The van der Waals surface area contributed by atoms with Gasteiger partial charge in [0.15, 0.2) is 5.11 Å². The van der Waals surface area contributed by atoms with Crippen LogP contribution in [0.25, 0.3) is 0 Å². The molecule has 0 bridgehead atoms. The highest BCUT2D eigenvalue weighted by molar-refractivity contribution is 7.80. The molecule has 4 heteroatoms. The van der Waals surface area contributed by atoms with Crippen LogP contribution in [0.5, 0.6) is 0 Å². The Balaban J connectivity index is 2.09. The van der Waals surface area contributed by atoms with Gasteiger partial charge in [-0.2, -0.15) is 0 Å². The molecule has 0 aliphatic carbocycles.